The molecule has 0 unspecified atom stereocenters. The predicted octanol–water partition coefficient (Wildman–Crippen LogP) is 7.00. The van der Waals surface area contributed by atoms with Crippen LogP contribution in [0.2, 0.25) is 5.02 Å². The van der Waals surface area contributed by atoms with Crippen molar-refractivity contribution in [1.29, 1.82) is 0 Å². The van der Waals surface area contributed by atoms with Gasteiger partial charge in [0.25, 0.3) is 5.91 Å². The lowest BCUT2D eigenvalue weighted by Crippen LogP contribution is -2.45. The van der Waals surface area contributed by atoms with Crippen LogP contribution in [0.15, 0.2) is 48.6 Å². The van der Waals surface area contributed by atoms with Crippen LogP contribution in [-0.2, 0) is 27.8 Å². The van der Waals surface area contributed by atoms with Crippen molar-refractivity contribution in [2.45, 2.75) is 89.6 Å². The van der Waals surface area contributed by atoms with E-state index in [1.807, 2.05) is 37.3 Å². The van der Waals surface area contributed by atoms with Crippen LogP contribution >= 0.6 is 11.6 Å². The molecule has 0 spiro atoms. The molecule has 2 aromatic rings. The number of carbonyl (C=O) groups excluding carboxylic acids is 1. The zero-order valence-corrected chi connectivity index (χ0v) is 30.1. The van der Waals surface area contributed by atoms with E-state index in [2.05, 4.69) is 26.7 Å². The monoisotopic (exact) mass is 697 g/mol. The smallest absolute Gasteiger partial charge is 0.264 e. The Morgan fingerprint density at radius 1 is 0.979 bits per heavy atom. The fourth-order valence-corrected chi connectivity index (χ4v) is 9.12. The van der Waals surface area contributed by atoms with Gasteiger partial charge in [-0.3, -0.25) is 4.79 Å². The van der Waals surface area contributed by atoms with E-state index in [1.165, 1.54) is 24.8 Å². The second-order valence-corrected chi connectivity index (χ2v) is 16.8. The number of amides is 1. The van der Waals surface area contributed by atoms with E-state index in [-0.39, 0.29) is 12.0 Å². The maximum atomic E-state index is 13.5. The van der Waals surface area contributed by atoms with Crippen molar-refractivity contribution in [3.05, 3.63) is 70.3 Å². The van der Waals surface area contributed by atoms with Crippen molar-refractivity contribution in [3.63, 3.8) is 0 Å². The molecular formula is C38H52ClN3O5S. The number of nitrogens with zero attached hydrogens (tertiary/aromatic N) is 2. The number of hydrogen-bond donors (Lipinski definition) is 1. The van der Waals surface area contributed by atoms with Gasteiger partial charge in [0.2, 0.25) is 10.0 Å². The number of anilines is 1. The highest BCUT2D eigenvalue weighted by molar-refractivity contribution is 7.90. The molecule has 1 saturated heterocycles. The Labute approximate surface area is 292 Å². The molecule has 0 aromatic heterocycles. The highest BCUT2D eigenvalue weighted by Gasteiger charge is 2.38. The Hall–Kier alpha value is -2.59. The van der Waals surface area contributed by atoms with E-state index in [9.17, 15) is 13.2 Å². The van der Waals surface area contributed by atoms with Crippen LogP contribution in [0.5, 0.6) is 5.75 Å². The summed E-state index contributed by atoms with van der Waals surface area (Å²) >= 11 is 6.37. The average Bonchev–Trinajstić information content (AvgIpc) is 3.09. The van der Waals surface area contributed by atoms with Gasteiger partial charge in [-0.2, -0.15) is 0 Å². The van der Waals surface area contributed by atoms with Crippen LogP contribution in [0, 0.1) is 17.8 Å². The molecule has 1 saturated carbocycles. The van der Waals surface area contributed by atoms with Gasteiger partial charge in [-0.1, -0.05) is 43.2 Å². The van der Waals surface area contributed by atoms with E-state index < -0.39 is 21.2 Å². The minimum atomic E-state index is -3.91. The lowest BCUT2D eigenvalue weighted by molar-refractivity contribution is -0.0218. The van der Waals surface area contributed by atoms with Crippen LogP contribution < -0.4 is 14.4 Å². The third kappa shape index (κ3) is 8.58. The molecule has 2 aromatic carbocycles. The van der Waals surface area contributed by atoms with E-state index >= 15 is 0 Å². The number of ether oxygens (including phenoxy) is 2. The third-order valence-corrected chi connectivity index (χ3v) is 13.3. The van der Waals surface area contributed by atoms with Gasteiger partial charge in [-0.05, 0) is 131 Å². The minimum Gasteiger partial charge on any atom is -0.487 e. The fourth-order valence-electron chi connectivity index (χ4n) is 7.65. The number of benzene rings is 2. The number of halogens is 1. The molecule has 0 radical (unpaired) electrons. The maximum absolute atomic E-state index is 13.5. The average molecular weight is 698 g/mol. The van der Waals surface area contributed by atoms with Crippen LogP contribution in [-0.4, -0.2) is 69.9 Å². The zero-order valence-electron chi connectivity index (χ0n) is 28.5. The van der Waals surface area contributed by atoms with Gasteiger partial charge < -0.3 is 19.3 Å². The van der Waals surface area contributed by atoms with Gasteiger partial charge in [0.05, 0.1) is 23.6 Å². The number of carbonyl (C=O) groups is 1. The van der Waals surface area contributed by atoms with Crippen LogP contribution in [0.1, 0.15) is 86.7 Å². The van der Waals surface area contributed by atoms with Gasteiger partial charge in [-0.25, -0.2) is 13.1 Å². The first-order chi connectivity index (χ1) is 23.2. The quantitative estimate of drug-likeness (QED) is 0.344. The molecule has 10 heteroatoms. The standard InChI is InChI=1S/C38H52ClN3O5S/c1-27-9-8-11-36(46-22-21-41-18-5-3-6-19-41)34-16-13-31(34)25-42-20-7-4-10-29-23-33(39)15-12-32(29)26-47-37-17-14-30(24-35(37)42)38(43)40-48(44,45)28(27)2/h8,11-12,14-15,17,23-24,27-28,31,34,36H,3-7,9-10,13,16,18-22,25-26H2,1-2H3,(H,40,43)/b11-8+/t27-,28+,31-,34+,36-/m0/s1. The van der Waals surface area contributed by atoms with Crippen molar-refractivity contribution in [2.75, 3.05) is 44.2 Å². The number of allylic oxidation sites excluding steroid dienone is 1. The number of hydrogen-bond acceptors (Lipinski definition) is 7. The fraction of sp³-hybridized carbons (Fsp3) is 0.605. The summed E-state index contributed by atoms with van der Waals surface area (Å²) in [5.74, 6) is 0.681. The van der Waals surface area contributed by atoms with E-state index in [0.29, 0.717) is 42.8 Å². The highest BCUT2D eigenvalue weighted by atomic mass is 35.5. The predicted molar refractivity (Wildman–Crippen MR) is 192 cm³/mol. The Morgan fingerprint density at radius 2 is 1.79 bits per heavy atom. The summed E-state index contributed by atoms with van der Waals surface area (Å²) in [6, 6.07) is 11.3. The molecule has 1 N–H and O–H groups in total. The topological polar surface area (TPSA) is 88.2 Å². The van der Waals surface area contributed by atoms with Gasteiger partial charge in [0.1, 0.15) is 12.4 Å². The molecule has 48 heavy (non-hydrogen) atoms. The number of piperidine rings is 1. The van der Waals surface area contributed by atoms with E-state index in [0.717, 1.165) is 81.1 Å². The molecular weight excluding hydrogens is 646 g/mol. The summed E-state index contributed by atoms with van der Waals surface area (Å²) in [7, 11) is -3.91. The molecule has 5 atom stereocenters. The molecule has 4 aliphatic rings. The lowest BCUT2D eigenvalue weighted by atomic mass is 9.70. The Balaban J connectivity index is 1.31. The molecule has 1 amide bonds. The largest absolute Gasteiger partial charge is 0.487 e. The molecule has 2 bridgehead atoms. The van der Waals surface area contributed by atoms with Crippen molar-refractivity contribution < 1.29 is 22.7 Å². The molecule has 8 nitrogen and oxygen atoms in total. The Morgan fingerprint density at radius 3 is 2.58 bits per heavy atom. The van der Waals surface area contributed by atoms with Crippen molar-refractivity contribution in [1.82, 2.24) is 9.62 Å². The van der Waals surface area contributed by atoms with Crippen LogP contribution in [0.25, 0.3) is 0 Å². The minimum absolute atomic E-state index is 0.0227. The lowest BCUT2D eigenvalue weighted by Gasteiger charge is -2.44. The third-order valence-electron chi connectivity index (χ3n) is 11.1. The van der Waals surface area contributed by atoms with Crippen molar-refractivity contribution in [2.24, 2.45) is 17.8 Å². The first kappa shape index (κ1) is 35.2. The normalized spacial score (nSPS) is 29.2. The first-order valence-corrected chi connectivity index (χ1v) is 20.0. The summed E-state index contributed by atoms with van der Waals surface area (Å²) in [5.41, 5.74) is 3.43. The number of rotatable bonds is 4. The van der Waals surface area contributed by atoms with Gasteiger partial charge in [-0.15, -0.1) is 0 Å². The molecule has 6 rings (SSSR count). The zero-order chi connectivity index (χ0) is 33.7. The van der Waals surface area contributed by atoms with Gasteiger partial charge in [0, 0.05) is 30.2 Å². The molecule has 1 aliphatic carbocycles. The summed E-state index contributed by atoms with van der Waals surface area (Å²) < 4.78 is 42.4. The van der Waals surface area contributed by atoms with Crippen molar-refractivity contribution in [3.8, 4) is 5.75 Å². The van der Waals surface area contributed by atoms with Crippen molar-refractivity contribution >= 4 is 33.2 Å². The van der Waals surface area contributed by atoms with Crippen LogP contribution in [0.4, 0.5) is 5.69 Å². The maximum Gasteiger partial charge on any atom is 0.264 e. The summed E-state index contributed by atoms with van der Waals surface area (Å²) in [6.45, 7) is 9.54. The second kappa shape index (κ2) is 16.0. The number of aryl methyl sites for hydroxylation is 1. The highest BCUT2D eigenvalue weighted by Crippen LogP contribution is 2.42. The summed E-state index contributed by atoms with van der Waals surface area (Å²) in [5, 5.41) is -0.0237. The second-order valence-electron chi connectivity index (χ2n) is 14.3. The molecule has 3 aliphatic heterocycles. The van der Waals surface area contributed by atoms with E-state index in [4.69, 9.17) is 21.1 Å². The van der Waals surface area contributed by atoms with Gasteiger partial charge >= 0.3 is 0 Å². The number of likely N-dealkylation sites (tertiary alicyclic amines) is 1. The summed E-state index contributed by atoms with van der Waals surface area (Å²) in [4.78, 5) is 18.4. The van der Waals surface area contributed by atoms with Gasteiger partial charge in [0.15, 0.2) is 0 Å². The Kier molecular flexibility index (Phi) is 11.7. The number of nitrogens with one attached hydrogen (secondary N) is 1. The molecule has 262 valence electrons. The molecule has 3 heterocycles. The molecule has 2 fully saturated rings. The van der Waals surface area contributed by atoms with Crippen LogP contribution in [0.3, 0.4) is 0 Å². The SMILES string of the molecule is C[C@@H]1[C@@H](C)C/C=C/[C@H](OCCN2CCCCC2)[C@@H]2CC[C@H]2CN2CCCCc3cc(Cl)ccc3COc3ccc(cc32)C(=O)NS1(=O)=O. The van der Waals surface area contributed by atoms with E-state index in [1.54, 1.807) is 13.0 Å². The first-order valence-electron chi connectivity index (χ1n) is 18.0. The number of fused-ring (bicyclic) bond motifs is 3. The summed E-state index contributed by atoms with van der Waals surface area (Å²) in [6.07, 6.45) is 13.8. The number of sulfonamides is 1. The Bertz CT molecular complexity index is 1560.